The van der Waals surface area contributed by atoms with Gasteiger partial charge in [0.25, 0.3) is 0 Å². The maximum absolute atomic E-state index is 12.5. The summed E-state index contributed by atoms with van der Waals surface area (Å²) in [6.07, 6.45) is 6.29. The number of halogens is 1. The zero-order valence-electron chi connectivity index (χ0n) is 14.3. The molecule has 5 nitrogen and oxygen atoms in total. The minimum atomic E-state index is 0. The van der Waals surface area contributed by atoms with E-state index in [2.05, 4.69) is 15.5 Å². The highest BCUT2D eigenvalue weighted by atomic mass is 35.5. The van der Waals surface area contributed by atoms with Crippen molar-refractivity contribution in [1.29, 1.82) is 0 Å². The largest absolute Gasteiger partial charge is 0.497 e. The quantitative estimate of drug-likeness (QED) is 0.873. The van der Waals surface area contributed by atoms with Crippen molar-refractivity contribution >= 4 is 24.0 Å². The van der Waals surface area contributed by atoms with Crippen LogP contribution in [0.5, 0.6) is 5.75 Å². The van der Waals surface area contributed by atoms with Gasteiger partial charge in [-0.1, -0.05) is 19.3 Å². The topological polar surface area (TPSA) is 53.6 Å². The summed E-state index contributed by atoms with van der Waals surface area (Å²) in [5.41, 5.74) is 1.01. The first-order chi connectivity index (χ1) is 11.2. The summed E-state index contributed by atoms with van der Waals surface area (Å²) in [4.78, 5) is 14.9. The molecule has 6 heteroatoms. The monoisotopic (exact) mass is 353 g/mol. The first kappa shape index (κ1) is 19.0. The fraction of sp³-hybridized carbons (Fsp3) is 0.611. The van der Waals surface area contributed by atoms with Crippen molar-refractivity contribution in [3.8, 4) is 5.75 Å². The Balaban J connectivity index is 0.00000208. The second-order valence-electron chi connectivity index (χ2n) is 6.66. The molecule has 2 aliphatic rings. The molecule has 1 aromatic carbocycles. The van der Waals surface area contributed by atoms with Gasteiger partial charge in [-0.2, -0.15) is 0 Å². The molecule has 1 saturated heterocycles. The number of nitrogens with zero attached hydrogens (tertiary/aromatic N) is 1. The van der Waals surface area contributed by atoms with Crippen LogP contribution in [0.15, 0.2) is 24.3 Å². The van der Waals surface area contributed by atoms with Crippen LogP contribution in [0, 0.1) is 0 Å². The van der Waals surface area contributed by atoms with Crippen molar-refractivity contribution < 1.29 is 9.53 Å². The predicted octanol–water partition coefficient (Wildman–Crippen LogP) is 2.66. The normalized spacial score (nSPS) is 20.2. The van der Waals surface area contributed by atoms with Gasteiger partial charge in [-0.25, -0.2) is 0 Å². The molecule has 1 heterocycles. The summed E-state index contributed by atoms with van der Waals surface area (Å²) in [6, 6.07) is 7.49. The maximum Gasteiger partial charge on any atom is 0.238 e. The highest BCUT2D eigenvalue weighted by molar-refractivity contribution is 5.92. The molecule has 0 bridgehead atoms. The van der Waals surface area contributed by atoms with Crippen LogP contribution in [0.2, 0.25) is 0 Å². The van der Waals surface area contributed by atoms with Gasteiger partial charge in [-0.15, -0.1) is 12.4 Å². The van der Waals surface area contributed by atoms with E-state index in [4.69, 9.17) is 4.74 Å². The van der Waals surface area contributed by atoms with Crippen LogP contribution in [0.1, 0.15) is 32.1 Å². The molecule has 1 amide bonds. The molecule has 1 aliphatic heterocycles. The highest BCUT2D eigenvalue weighted by Crippen LogP contribution is 2.34. The number of amides is 1. The van der Waals surface area contributed by atoms with Crippen molar-refractivity contribution in [3.63, 3.8) is 0 Å². The Hall–Kier alpha value is -1.30. The number of anilines is 1. The van der Waals surface area contributed by atoms with E-state index >= 15 is 0 Å². The standard InChI is InChI=1S/C18H27N3O2.ClH/c1-23-16-7-5-15(6-8-16)20-17(22)13-21-12-11-19-14-18(21)9-3-2-4-10-18;/h5-8,19H,2-4,9-14H2,1H3,(H,20,22);1H. The van der Waals surface area contributed by atoms with Crippen LogP contribution in [0.4, 0.5) is 5.69 Å². The molecule has 134 valence electrons. The first-order valence-corrected chi connectivity index (χ1v) is 8.62. The maximum atomic E-state index is 12.5. The molecular weight excluding hydrogens is 326 g/mol. The fourth-order valence-electron chi connectivity index (χ4n) is 3.88. The number of carbonyl (C=O) groups excluding carboxylic acids is 1. The summed E-state index contributed by atoms with van der Waals surface area (Å²) in [7, 11) is 1.64. The zero-order valence-corrected chi connectivity index (χ0v) is 15.2. The number of benzene rings is 1. The Morgan fingerprint density at radius 1 is 1.25 bits per heavy atom. The first-order valence-electron chi connectivity index (χ1n) is 8.62. The smallest absolute Gasteiger partial charge is 0.238 e. The van der Waals surface area contributed by atoms with Crippen molar-refractivity contribution in [2.24, 2.45) is 0 Å². The highest BCUT2D eigenvalue weighted by Gasteiger charge is 2.40. The van der Waals surface area contributed by atoms with E-state index in [1.54, 1.807) is 7.11 Å². The van der Waals surface area contributed by atoms with Crippen LogP contribution in [0.25, 0.3) is 0 Å². The summed E-state index contributed by atoms with van der Waals surface area (Å²) in [6.45, 7) is 3.42. The number of ether oxygens (including phenoxy) is 1. The molecular formula is C18H28ClN3O2. The summed E-state index contributed by atoms with van der Waals surface area (Å²) in [5, 5.41) is 6.53. The molecule has 3 rings (SSSR count). The molecule has 1 saturated carbocycles. The van der Waals surface area contributed by atoms with E-state index in [1.807, 2.05) is 24.3 Å². The minimum Gasteiger partial charge on any atom is -0.497 e. The molecule has 1 aromatic rings. The number of nitrogens with one attached hydrogen (secondary N) is 2. The molecule has 0 atom stereocenters. The molecule has 0 unspecified atom stereocenters. The Labute approximate surface area is 150 Å². The van der Waals surface area contributed by atoms with Crippen LogP contribution in [-0.2, 0) is 4.79 Å². The summed E-state index contributed by atoms with van der Waals surface area (Å²) >= 11 is 0. The second kappa shape index (κ2) is 8.70. The van der Waals surface area contributed by atoms with Crippen molar-refractivity contribution in [2.45, 2.75) is 37.6 Å². The Kier molecular flexibility index (Phi) is 6.90. The Morgan fingerprint density at radius 3 is 2.62 bits per heavy atom. The molecule has 0 radical (unpaired) electrons. The molecule has 1 aliphatic carbocycles. The van der Waals surface area contributed by atoms with Gasteiger partial charge in [0, 0.05) is 30.9 Å². The third kappa shape index (κ3) is 4.41. The lowest BCUT2D eigenvalue weighted by Gasteiger charge is -2.49. The van der Waals surface area contributed by atoms with Gasteiger partial charge in [0.05, 0.1) is 13.7 Å². The van der Waals surface area contributed by atoms with Gasteiger partial charge in [0.1, 0.15) is 5.75 Å². The average Bonchev–Trinajstić information content (AvgIpc) is 2.59. The van der Waals surface area contributed by atoms with E-state index in [0.29, 0.717) is 6.54 Å². The van der Waals surface area contributed by atoms with Gasteiger partial charge in [0.15, 0.2) is 0 Å². The number of methoxy groups -OCH3 is 1. The van der Waals surface area contributed by atoms with Crippen LogP contribution in [0.3, 0.4) is 0 Å². The lowest BCUT2D eigenvalue weighted by atomic mass is 9.79. The van der Waals surface area contributed by atoms with Crippen molar-refractivity contribution in [1.82, 2.24) is 10.2 Å². The van der Waals surface area contributed by atoms with E-state index in [1.165, 1.54) is 32.1 Å². The van der Waals surface area contributed by atoms with Crippen molar-refractivity contribution in [2.75, 3.05) is 38.6 Å². The zero-order chi connectivity index (χ0) is 16.1. The van der Waals surface area contributed by atoms with Crippen LogP contribution in [-0.4, -0.2) is 49.6 Å². The van der Waals surface area contributed by atoms with E-state index < -0.39 is 0 Å². The van der Waals surface area contributed by atoms with Gasteiger partial charge >= 0.3 is 0 Å². The second-order valence-corrected chi connectivity index (χ2v) is 6.66. The Bertz CT molecular complexity index is 521. The third-order valence-electron chi connectivity index (χ3n) is 5.18. The van der Waals surface area contributed by atoms with Crippen LogP contribution < -0.4 is 15.4 Å². The molecule has 0 aromatic heterocycles. The van der Waals surface area contributed by atoms with Crippen molar-refractivity contribution in [3.05, 3.63) is 24.3 Å². The minimum absolute atomic E-state index is 0. The molecule has 1 spiro atoms. The predicted molar refractivity (Wildman–Crippen MR) is 99.1 cm³/mol. The lowest BCUT2D eigenvalue weighted by molar-refractivity contribution is -0.120. The van der Waals surface area contributed by atoms with E-state index in [9.17, 15) is 4.79 Å². The molecule has 24 heavy (non-hydrogen) atoms. The van der Waals surface area contributed by atoms with Gasteiger partial charge in [-0.3, -0.25) is 9.69 Å². The van der Waals surface area contributed by atoms with Gasteiger partial charge in [0.2, 0.25) is 5.91 Å². The molecule has 2 fully saturated rings. The van der Waals surface area contributed by atoms with E-state index in [-0.39, 0.29) is 23.9 Å². The third-order valence-corrected chi connectivity index (χ3v) is 5.18. The number of piperazine rings is 1. The SMILES string of the molecule is COc1ccc(NC(=O)CN2CCNCC23CCCCC3)cc1.Cl. The number of hydrogen-bond acceptors (Lipinski definition) is 4. The number of hydrogen-bond donors (Lipinski definition) is 2. The number of carbonyl (C=O) groups is 1. The van der Waals surface area contributed by atoms with E-state index in [0.717, 1.165) is 31.1 Å². The molecule has 2 N–H and O–H groups in total. The Morgan fingerprint density at radius 2 is 1.96 bits per heavy atom. The van der Waals surface area contributed by atoms with Gasteiger partial charge < -0.3 is 15.4 Å². The summed E-state index contributed by atoms with van der Waals surface area (Å²) < 4.78 is 5.14. The van der Waals surface area contributed by atoms with Crippen LogP contribution >= 0.6 is 12.4 Å². The fourth-order valence-corrected chi connectivity index (χ4v) is 3.88. The van der Waals surface area contributed by atoms with Gasteiger partial charge in [-0.05, 0) is 37.1 Å². The number of rotatable bonds is 4. The summed E-state index contributed by atoms with van der Waals surface area (Å²) in [5.74, 6) is 0.869. The average molecular weight is 354 g/mol. The lowest BCUT2D eigenvalue weighted by Crippen LogP contribution is -2.63.